The standard InChI is InChI=1S/C17H14N4O/c1-11-7-12-3-2-4-15(16(12)19-11)20-17(22)13-5-6-21-10-18-9-14(21)8-13/h2-10,19H,1H3,(H,20,22). The number of para-hydroxylation sites is 1. The third kappa shape index (κ3) is 2.03. The molecule has 0 aliphatic rings. The Morgan fingerprint density at radius 2 is 2.18 bits per heavy atom. The average Bonchev–Trinajstić information content (AvgIpc) is 3.12. The predicted octanol–water partition coefficient (Wildman–Crippen LogP) is 3.38. The van der Waals surface area contributed by atoms with Gasteiger partial charge in [0.25, 0.3) is 5.91 Å². The number of carbonyl (C=O) groups excluding carboxylic acids is 1. The molecule has 0 aliphatic carbocycles. The molecule has 22 heavy (non-hydrogen) atoms. The molecule has 0 atom stereocenters. The molecule has 1 aromatic carbocycles. The van der Waals surface area contributed by atoms with Gasteiger partial charge in [-0.3, -0.25) is 4.79 Å². The first-order valence-corrected chi connectivity index (χ1v) is 7.02. The second-order valence-electron chi connectivity index (χ2n) is 5.32. The van der Waals surface area contributed by atoms with Crippen LogP contribution in [0.1, 0.15) is 16.1 Å². The van der Waals surface area contributed by atoms with E-state index in [0.29, 0.717) is 5.56 Å². The number of nitrogens with zero attached hydrogens (tertiary/aromatic N) is 2. The van der Waals surface area contributed by atoms with Gasteiger partial charge in [0.2, 0.25) is 0 Å². The second-order valence-corrected chi connectivity index (χ2v) is 5.32. The Labute approximate surface area is 126 Å². The summed E-state index contributed by atoms with van der Waals surface area (Å²) in [5, 5.41) is 4.06. The first-order valence-electron chi connectivity index (χ1n) is 7.02. The monoisotopic (exact) mass is 290 g/mol. The molecule has 5 nitrogen and oxygen atoms in total. The Hall–Kier alpha value is -3.08. The minimum absolute atomic E-state index is 0.136. The van der Waals surface area contributed by atoms with E-state index in [4.69, 9.17) is 0 Å². The molecule has 0 spiro atoms. The van der Waals surface area contributed by atoms with Gasteiger partial charge in [-0.15, -0.1) is 0 Å². The van der Waals surface area contributed by atoms with Crippen LogP contribution in [0, 0.1) is 6.92 Å². The van der Waals surface area contributed by atoms with E-state index in [1.54, 1.807) is 18.6 Å². The minimum atomic E-state index is -0.136. The second kappa shape index (κ2) is 4.73. The van der Waals surface area contributed by atoms with Crippen LogP contribution < -0.4 is 5.32 Å². The number of nitrogens with one attached hydrogen (secondary N) is 2. The van der Waals surface area contributed by atoms with Gasteiger partial charge in [0, 0.05) is 22.8 Å². The molecule has 0 bridgehead atoms. The van der Waals surface area contributed by atoms with E-state index in [1.807, 2.05) is 41.8 Å². The lowest BCUT2D eigenvalue weighted by Gasteiger charge is -2.07. The number of aromatic amines is 1. The number of H-pyrrole nitrogens is 1. The van der Waals surface area contributed by atoms with Crippen molar-refractivity contribution in [2.75, 3.05) is 5.32 Å². The summed E-state index contributed by atoms with van der Waals surface area (Å²) in [5.41, 5.74) is 4.29. The fraction of sp³-hybridized carbons (Fsp3) is 0.0588. The molecule has 0 fully saturated rings. The van der Waals surface area contributed by atoms with Crippen molar-refractivity contribution in [2.24, 2.45) is 0 Å². The number of hydrogen-bond acceptors (Lipinski definition) is 2. The zero-order valence-electron chi connectivity index (χ0n) is 12.0. The molecule has 3 heterocycles. The Morgan fingerprint density at radius 1 is 1.27 bits per heavy atom. The first kappa shape index (κ1) is 12.6. The highest BCUT2D eigenvalue weighted by molar-refractivity contribution is 6.08. The van der Waals surface area contributed by atoms with E-state index < -0.39 is 0 Å². The van der Waals surface area contributed by atoms with E-state index >= 15 is 0 Å². The van der Waals surface area contributed by atoms with Crippen LogP contribution in [-0.2, 0) is 0 Å². The number of aromatic nitrogens is 3. The van der Waals surface area contributed by atoms with Crippen molar-refractivity contribution in [2.45, 2.75) is 6.92 Å². The molecular formula is C17H14N4O. The molecule has 2 N–H and O–H groups in total. The highest BCUT2D eigenvalue weighted by atomic mass is 16.1. The highest BCUT2D eigenvalue weighted by Gasteiger charge is 2.10. The van der Waals surface area contributed by atoms with Crippen molar-refractivity contribution in [3.8, 4) is 0 Å². The molecule has 3 aromatic heterocycles. The van der Waals surface area contributed by atoms with Gasteiger partial charge in [-0.25, -0.2) is 4.98 Å². The van der Waals surface area contributed by atoms with Crippen molar-refractivity contribution in [1.29, 1.82) is 0 Å². The number of anilines is 1. The van der Waals surface area contributed by atoms with Gasteiger partial charge in [-0.1, -0.05) is 12.1 Å². The van der Waals surface area contributed by atoms with E-state index in [0.717, 1.165) is 27.8 Å². The van der Waals surface area contributed by atoms with Crippen molar-refractivity contribution in [3.05, 3.63) is 66.4 Å². The van der Waals surface area contributed by atoms with Crippen LogP contribution in [0.15, 0.2) is 55.1 Å². The van der Waals surface area contributed by atoms with Crippen LogP contribution >= 0.6 is 0 Å². The normalized spacial score (nSPS) is 11.1. The van der Waals surface area contributed by atoms with Crippen LogP contribution in [0.4, 0.5) is 5.69 Å². The Morgan fingerprint density at radius 3 is 3.09 bits per heavy atom. The maximum Gasteiger partial charge on any atom is 0.255 e. The average molecular weight is 290 g/mol. The smallest absolute Gasteiger partial charge is 0.255 e. The molecule has 4 rings (SSSR count). The van der Waals surface area contributed by atoms with Gasteiger partial charge in [-0.05, 0) is 31.2 Å². The number of fused-ring (bicyclic) bond motifs is 2. The molecule has 108 valence electrons. The molecule has 0 unspecified atom stereocenters. The van der Waals surface area contributed by atoms with Crippen LogP contribution in [0.2, 0.25) is 0 Å². The Kier molecular flexibility index (Phi) is 2.72. The number of amides is 1. The van der Waals surface area contributed by atoms with Gasteiger partial charge >= 0.3 is 0 Å². The summed E-state index contributed by atoms with van der Waals surface area (Å²) < 4.78 is 1.87. The summed E-state index contributed by atoms with van der Waals surface area (Å²) in [7, 11) is 0. The number of pyridine rings is 1. The molecule has 0 radical (unpaired) electrons. The lowest BCUT2D eigenvalue weighted by atomic mass is 10.2. The van der Waals surface area contributed by atoms with Gasteiger partial charge < -0.3 is 14.7 Å². The molecule has 0 saturated carbocycles. The summed E-state index contributed by atoms with van der Waals surface area (Å²) in [6.45, 7) is 2.00. The quantitative estimate of drug-likeness (QED) is 0.594. The van der Waals surface area contributed by atoms with E-state index in [2.05, 4.69) is 21.4 Å². The van der Waals surface area contributed by atoms with Crippen LogP contribution in [0.5, 0.6) is 0 Å². The molecule has 5 heteroatoms. The van der Waals surface area contributed by atoms with Crippen molar-refractivity contribution in [1.82, 2.24) is 14.4 Å². The zero-order valence-corrected chi connectivity index (χ0v) is 12.0. The van der Waals surface area contributed by atoms with Crippen LogP contribution in [0.3, 0.4) is 0 Å². The fourth-order valence-electron chi connectivity index (χ4n) is 2.66. The van der Waals surface area contributed by atoms with Crippen molar-refractivity contribution in [3.63, 3.8) is 0 Å². The van der Waals surface area contributed by atoms with E-state index in [9.17, 15) is 4.79 Å². The lowest BCUT2D eigenvalue weighted by Crippen LogP contribution is -2.12. The summed E-state index contributed by atoms with van der Waals surface area (Å²) >= 11 is 0. The molecule has 1 amide bonds. The number of imidazole rings is 1. The van der Waals surface area contributed by atoms with Crippen molar-refractivity contribution >= 4 is 28.0 Å². The van der Waals surface area contributed by atoms with E-state index in [1.165, 1.54) is 0 Å². The minimum Gasteiger partial charge on any atom is -0.357 e. The SMILES string of the molecule is Cc1cc2cccc(NC(=O)c3ccn4cncc4c3)c2[nH]1. The maximum absolute atomic E-state index is 12.5. The van der Waals surface area contributed by atoms with Crippen LogP contribution in [-0.4, -0.2) is 20.3 Å². The highest BCUT2D eigenvalue weighted by Crippen LogP contribution is 2.24. The molecule has 0 saturated heterocycles. The summed E-state index contributed by atoms with van der Waals surface area (Å²) in [5.74, 6) is -0.136. The third-order valence-electron chi connectivity index (χ3n) is 3.72. The van der Waals surface area contributed by atoms with Gasteiger partial charge in [0.05, 0.1) is 29.2 Å². The first-order chi connectivity index (χ1) is 10.7. The van der Waals surface area contributed by atoms with Gasteiger partial charge in [0.1, 0.15) is 0 Å². The molecule has 4 aromatic rings. The Balaban J connectivity index is 1.70. The summed E-state index contributed by atoms with van der Waals surface area (Å²) in [6.07, 6.45) is 5.27. The summed E-state index contributed by atoms with van der Waals surface area (Å²) in [4.78, 5) is 19.8. The van der Waals surface area contributed by atoms with Crippen molar-refractivity contribution < 1.29 is 4.79 Å². The molecular weight excluding hydrogens is 276 g/mol. The Bertz CT molecular complexity index is 996. The van der Waals surface area contributed by atoms with E-state index in [-0.39, 0.29) is 5.91 Å². The predicted molar refractivity (Wildman–Crippen MR) is 86.2 cm³/mol. The largest absolute Gasteiger partial charge is 0.357 e. The lowest BCUT2D eigenvalue weighted by molar-refractivity contribution is 0.102. The topological polar surface area (TPSA) is 62.2 Å². The number of carbonyl (C=O) groups is 1. The number of hydrogen-bond donors (Lipinski definition) is 2. The number of rotatable bonds is 2. The zero-order chi connectivity index (χ0) is 15.1. The number of benzene rings is 1. The van der Waals surface area contributed by atoms with Crippen LogP contribution in [0.25, 0.3) is 16.4 Å². The summed E-state index contributed by atoms with van der Waals surface area (Å²) in [6, 6.07) is 11.5. The number of aryl methyl sites for hydroxylation is 1. The fourth-order valence-corrected chi connectivity index (χ4v) is 2.66. The van der Waals surface area contributed by atoms with Gasteiger partial charge in [0.15, 0.2) is 0 Å². The van der Waals surface area contributed by atoms with Gasteiger partial charge in [-0.2, -0.15) is 0 Å². The molecule has 0 aliphatic heterocycles. The maximum atomic E-state index is 12.5. The third-order valence-corrected chi connectivity index (χ3v) is 3.72.